The number of fused-ring (bicyclic) bond motifs is 1. The Balaban J connectivity index is 1.82. The lowest BCUT2D eigenvalue weighted by molar-refractivity contribution is 0.273. The summed E-state index contributed by atoms with van der Waals surface area (Å²) in [6, 6.07) is 18.6. The molecule has 2 aromatic carbocycles. The molecule has 4 nitrogen and oxygen atoms in total. The summed E-state index contributed by atoms with van der Waals surface area (Å²) in [5.74, 6) is 0.626. The largest absolute Gasteiger partial charge is 0.476 e. The van der Waals surface area contributed by atoms with Crippen molar-refractivity contribution in [3.8, 4) is 5.88 Å². The van der Waals surface area contributed by atoms with Crippen LogP contribution in [0.15, 0.2) is 54.6 Å². The van der Waals surface area contributed by atoms with Gasteiger partial charge >= 0.3 is 0 Å². The van der Waals surface area contributed by atoms with Crippen molar-refractivity contribution in [3.63, 3.8) is 0 Å². The summed E-state index contributed by atoms with van der Waals surface area (Å²) in [5.41, 5.74) is 2.22. The first-order valence-electron chi connectivity index (χ1n) is 8.30. The molecule has 0 amide bonds. The Labute approximate surface area is 143 Å². The lowest BCUT2D eigenvalue weighted by Crippen LogP contribution is -2.16. The van der Waals surface area contributed by atoms with Crippen LogP contribution in [0.4, 0.5) is 0 Å². The average molecular weight is 321 g/mol. The van der Waals surface area contributed by atoms with Crippen LogP contribution >= 0.6 is 0 Å². The molecule has 124 valence electrons. The molecule has 0 radical (unpaired) electrons. The fraction of sp³-hybridized carbons (Fsp3) is 0.300. The maximum atomic E-state index is 5.87. The van der Waals surface area contributed by atoms with Crippen molar-refractivity contribution in [2.75, 3.05) is 27.2 Å². The molecule has 0 aliphatic heterocycles. The Kier molecular flexibility index (Phi) is 5.39. The molecular formula is C20H23N3O. The van der Waals surface area contributed by atoms with Gasteiger partial charge in [0, 0.05) is 23.7 Å². The van der Waals surface area contributed by atoms with E-state index in [0.29, 0.717) is 12.5 Å². The molecule has 1 heterocycles. The molecule has 0 atom stereocenters. The smallest absolute Gasteiger partial charge is 0.241 e. The van der Waals surface area contributed by atoms with Crippen molar-refractivity contribution in [1.82, 2.24) is 15.1 Å². The van der Waals surface area contributed by atoms with Crippen LogP contribution in [0, 0.1) is 0 Å². The second-order valence-electron chi connectivity index (χ2n) is 6.17. The second kappa shape index (κ2) is 7.88. The zero-order valence-corrected chi connectivity index (χ0v) is 14.3. The molecule has 0 aliphatic carbocycles. The van der Waals surface area contributed by atoms with E-state index in [-0.39, 0.29) is 0 Å². The van der Waals surface area contributed by atoms with Gasteiger partial charge in [-0.25, -0.2) is 0 Å². The standard InChI is InChI=1S/C20H23N3O/c1-23(2)13-8-14-24-20-18-12-7-6-11-17(18)19(21-22-20)15-16-9-4-3-5-10-16/h3-7,9-12H,8,13-15H2,1-2H3. The molecule has 0 fully saturated rings. The highest BCUT2D eigenvalue weighted by Crippen LogP contribution is 2.26. The van der Waals surface area contributed by atoms with Gasteiger partial charge in [-0.3, -0.25) is 0 Å². The molecule has 0 saturated carbocycles. The van der Waals surface area contributed by atoms with Crippen LogP contribution in [0.1, 0.15) is 17.7 Å². The number of ether oxygens (including phenoxy) is 1. The van der Waals surface area contributed by atoms with Gasteiger partial charge in [0.05, 0.1) is 12.3 Å². The van der Waals surface area contributed by atoms with E-state index in [1.807, 2.05) is 30.3 Å². The first-order chi connectivity index (χ1) is 11.7. The van der Waals surface area contributed by atoms with E-state index in [4.69, 9.17) is 4.74 Å². The Hall–Kier alpha value is -2.46. The molecule has 3 rings (SSSR count). The summed E-state index contributed by atoms with van der Waals surface area (Å²) in [7, 11) is 4.13. The molecule has 0 saturated heterocycles. The lowest BCUT2D eigenvalue weighted by Gasteiger charge is -2.12. The zero-order chi connectivity index (χ0) is 16.8. The Bertz CT molecular complexity index is 787. The van der Waals surface area contributed by atoms with Crippen LogP contribution < -0.4 is 4.74 Å². The monoisotopic (exact) mass is 321 g/mol. The van der Waals surface area contributed by atoms with Crippen LogP contribution in [0.3, 0.4) is 0 Å². The normalized spacial score (nSPS) is 11.1. The number of hydrogen-bond acceptors (Lipinski definition) is 4. The van der Waals surface area contributed by atoms with E-state index in [1.54, 1.807) is 0 Å². The van der Waals surface area contributed by atoms with Gasteiger partial charge in [-0.05, 0) is 32.1 Å². The van der Waals surface area contributed by atoms with Gasteiger partial charge in [0.1, 0.15) is 0 Å². The highest BCUT2D eigenvalue weighted by atomic mass is 16.5. The van der Waals surface area contributed by atoms with Crippen molar-refractivity contribution in [1.29, 1.82) is 0 Å². The highest BCUT2D eigenvalue weighted by Gasteiger charge is 2.10. The Morgan fingerprint density at radius 3 is 2.33 bits per heavy atom. The Morgan fingerprint density at radius 1 is 0.875 bits per heavy atom. The maximum absolute atomic E-state index is 5.87. The maximum Gasteiger partial charge on any atom is 0.241 e. The fourth-order valence-corrected chi connectivity index (χ4v) is 2.71. The van der Waals surface area contributed by atoms with E-state index in [2.05, 4.69) is 53.5 Å². The van der Waals surface area contributed by atoms with Gasteiger partial charge in [-0.15, -0.1) is 5.10 Å². The van der Waals surface area contributed by atoms with E-state index < -0.39 is 0 Å². The third-order valence-corrected chi connectivity index (χ3v) is 3.93. The summed E-state index contributed by atoms with van der Waals surface area (Å²) in [4.78, 5) is 2.15. The SMILES string of the molecule is CN(C)CCCOc1nnc(Cc2ccccc2)c2ccccc12. The van der Waals surface area contributed by atoms with Crippen molar-refractivity contribution >= 4 is 10.8 Å². The van der Waals surface area contributed by atoms with Crippen molar-refractivity contribution < 1.29 is 4.74 Å². The van der Waals surface area contributed by atoms with E-state index in [1.165, 1.54) is 5.56 Å². The molecule has 0 aliphatic rings. The second-order valence-corrected chi connectivity index (χ2v) is 6.17. The van der Waals surface area contributed by atoms with Gasteiger partial charge in [-0.1, -0.05) is 48.5 Å². The van der Waals surface area contributed by atoms with Gasteiger partial charge < -0.3 is 9.64 Å². The quantitative estimate of drug-likeness (QED) is 0.624. The molecule has 0 N–H and O–H groups in total. The summed E-state index contributed by atoms with van der Waals surface area (Å²) >= 11 is 0. The topological polar surface area (TPSA) is 38.2 Å². The number of hydrogen-bond donors (Lipinski definition) is 0. The molecule has 24 heavy (non-hydrogen) atoms. The number of aromatic nitrogens is 2. The van der Waals surface area contributed by atoms with Gasteiger partial charge in [0.15, 0.2) is 0 Å². The Morgan fingerprint density at radius 2 is 1.58 bits per heavy atom. The molecule has 0 bridgehead atoms. The van der Waals surface area contributed by atoms with E-state index >= 15 is 0 Å². The fourth-order valence-electron chi connectivity index (χ4n) is 2.71. The minimum atomic E-state index is 0.626. The van der Waals surface area contributed by atoms with E-state index in [0.717, 1.165) is 35.9 Å². The first kappa shape index (κ1) is 16.4. The lowest BCUT2D eigenvalue weighted by atomic mass is 10.0. The van der Waals surface area contributed by atoms with Crippen molar-refractivity contribution in [2.24, 2.45) is 0 Å². The summed E-state index contributed by atoms with van der Waals surface area (Å²) in [5, 5.41) is 10.9. The van der Waals surface area contributed by atoms with E-state index in [9.17, 15) is 0 Å². The first-order valence-corrected chi connectivity index (χ1v) is 8.30. The highest BCUT2D eigenvalue weighted by molar-refractivity contribution is 5.88. The average Bonchev–Trinajstić information content (AvgIpc) is 2.61. The van der Waals surface area contributed by atoms with Crippen LogP contribution in [0.2, 0.25) is 0 Å². The van der Waals surface area contributed by atoms with Crippen molar-refractivity contribution in [2.45, 2.75) is 12.8 Å². The van der Waals surface area contributed by atoms with Gasteiger partial charge in [-0.2, -0.15) is 5.10 Å². The number of nitrogens with zero attached hydrogens (tertiary/aromatic N) is 3. The molecule has 0 unspecified atom stereocenters. The summed E-state index contributed by atoms with van der Waals surface area (Å²) in [6.45, 7) is 1.65. The van der Waals surface area contributed by atoms with Gasteiger partial charge in [0.2, 0.25) is 5.88 Å². The molecular weight excluding hydrogens is 298 g/mol. The predicted octanol–water partition coefficient (Wildman–Crippen LogP) is 3.55. The summed E-state index contributed by atoms with van der Waals surface area (Å²) in [6.07, 6.45) is 1.74. The predicted molar refractivity (Wildman–Crippen MR) is 97.5 cm³/mol. The number of rotatable bonds is 7. The van der Waals surface area contributed by atoms with Crippen LogP contribution in [-0.4, -0.2) is 42.3 Å². The molecule has 1 aromatic heterocycles. The third kappa shape index (κ3) is 4.09. The zero-order valence-electron chi connectivity index (χ0n) is 14.3. The van der Waals surface area contributed by atoms with Crippen LogP contribution in [0.5, 0.6) is 5.88 Å². The summed E-state index contributed by atoms with van der Waals surface area (Å²) < 4.78 is 5.87. The molecule has 4 heteroatoms. The third-order valence-electron chi connectivity index (χ3n) is 3.93. The van der Waals surface area contributed by atoms with Crippen LogP contribution in [0.25, 0.3) is 10.8 Å². The van der Waals surface area contributed by atoms with Crippen LogP contribution in [-0.2, 0) is 6.42 Å². The minimum absolute atomic E-state index is 0.626. The minimum Gasteiger partial charge on any atom is -0.476 e. The molecule has 0 spiro atoms. The number of benzene rings is 2. The van der Waals surface area contributed by atoms with Crippen molar-refractivity contribution in [3.05, 3.63) is 65.9 Å². The van der Waals surface area contributed by atoms with Gasteiger partial charge in [0.25, 0.3) is 0 Å². The molecule has 3 aromatic rings.